The molecule has 0 spiro atoms. The molecule has 0 radical (unpaired) electrons. The first-order valence-electron chi connectivity index (χ1n) is 11.7. The average Bonchev–Trinajstić information content (AvgIpc) is 3.20. The van der Waals surface area contributed by atoms with Gasteiger partial charge in [-0.05, 0) is 25.1 Å². The van der Waals surface area contributed by atoms with Gasteiger partial charge in [0, 0.05) is 55.6 Å². The molecule has 1 aliphatic heterocycles. The van der Waals surface area contributed by atoms with Crippen molar-refractivity contribution in [3.05, 3.63) is 53.6 Å². The zero-order valence-electron chi connectivity index (χ0n) is 21.3. The van der Waals surface area contributed by atoms with Gasteiger partial charge in [-0.1, -0.05) is 20.8 Å². The largest absolute Gasteiger partial charge is 0.373 e. The highest BCUT2D eigenvalue weighted by atomic mass is 19.1. The lowest BCUT2D eigenvalue weighted by Gasteiger charge is -2.36. The summed E-state index contributed by atoms with van der Waals surface area (Å²) in [6.07, 6.45) is 1.72. The number of rotatable bonds is 5. The third kappa shape index (κ3) is 4.81. The molecular weight excluding hydrogens is 463 g/mol. The molecule has 190 valence electrons. The van der Waals surface area contributed by atoms with E-state index >= 15 is 0 Å². The molecule has 4 amide bonds. The number of anilines is 5. The van der Waals surface area contributed by atoms with Crippen LogP contribution in [0.25, 0.3) is 0 Å². The van der Waals surface area contributed by atoms with Crippen molar-refractivity contribution < 1.29 is 14.0 Å². The van der Waals surface area contributed by atoms with Crippen LogP contribution in [0.15, 0.2) is 36.5 Å². The predicted molar refractivity (Wildman–Crippen MR) is 139 cm³/mol. The zero-order chi connectivity index (χ0) is 26.2. The van der Waals surface area contributed by atoms with Gasteiger partial charge in [-0.2, -0.15) is 5.10 Å². The average molecular weight is 495 g/mol. The van der Waals surface area contributed by atoms with E-state index in [0.29, 0.717) is 23.9 Å². The number of hydrogen-bond acceptors (Lipinski definition) is 5. The van der Waals surface area contributed by atoms with Crippen LogP contribution in [-0.2, 0) is 19.0 Å². The Morgan fingerprint density at radius 3 is 2.56 bits per heavy atom. The van der Waals surface area contributed by atoms with Crippen LogP contribution < -0.4 is 25.8 Å². The van der Waals surface area contributed by atoms with Gasteiger partial charge in [0.15, 0.2) is 0 Å². The molecule has 4 rings (SSSR count). The smallest absolute Gasteiger partial charge is 0.329 e. The van der Waals surface area contributed by atoms with Crippen molar-refractivity contribution in [3.63, 3.8) is 0 Å². The van der Waals surface area contributed by atoms with Crippen molar-refractivity contribution >= 4 is 40.8 Å². The maximum atomic E-state index is 14.6. The predicted octanol–water partition coefficient (Wildman–Crippen LogP) is 4.90. The van der Waals surface area contributed by atoms with Gasteiger partial charge in [0.05, 0.1) is 23.6 Å². The van der Waals surface area contributed by atoms with Gasteiger partial charge in [-0.3, -0.25) is 19.8 Å². The summed E-state index contributed by atoms with van der Waals surface area (Å²) in [5.41, 5.74) is 2.67. The van der Waals surface area contributed by atoms with E-state index in [1.165, 1.54) is 23.1 Å². The Bertz CT molecular complexity index is 1310. The summed E-state index contributed by atoms with van der Waals surface area (Å²) in [5.74, 6) is 0.520. The van der Waals surface area contributed by atoms with E-state index in [9.17, 15) is 14.0 Å². The molecular formula is C25H31FN8O2. The van der Waals surface area contributed by atoms with Crippen LogP contribution in [0.4, 0.5) is 42.7 Å². The summed E-state index contributed by atoms with van der Waals surface area (Å²) in [6.45, 7) is 8.67. The first-order chi connectivity index (χ1) is 17.0. The number of benzene rings is 1. The Morgan fingerprint density at radius 1 is 1.17 bits per heavy atom. The molecule has 0 unspecified atom stereocenters. The summed E-state index contributed by atoms with van der Waals surface area (Å²) in [7, 11) is 3.49. The summed E-state index contributed by atoms with van der Waals surface area (Å²) < 4.78 is 16.2. The number of fused-ring (bicyclic) bond motifs is 1. The van der Waals surface area contributed by atoms with Crippen molar-refractivity contribution in [2.45, 2.75) is 39.7 Å². The molecule has 0 bridgehead atoms. The lowest BCUT2D eigenvalue weighted by molar-refractivity contribution is 0.250. The Morgan fingerprint density at radius 2 is 1.92 bits per heavy atom. The van der Waals surface area contributed by atoms with E-state index < -0.39 is 11.8 Å². The monoisotopic (exact) mass is 494 g/mol. The number of carbonyl (C=O) groups is 2. The molecule has 1 aliphatic rings. The van der Waals surface area contributed by atoms with Gasteiger partial charge in [-0.25, -0.2) is 19.0 Å². The fourth-order valence-electron chi connectivity index (χ4n) is 3.97. The molecule has 1 aromatic carbocycles. The van der Waals surface area contributed by atoms with E-state index in [2.05, 4.69) is 26.0 Å². The fourth-order valence-corrected chi connectivity index (χ4v) is 3.97. The Labute approximate surface area is 209 Å². The molecule has 0 aliphatic carbocycles. The quantitative estimate of drug-likeness (QED) is 0.468. The van der Waals surface area contributed by atoms with Crippen LogP contribution in [0.1, 0.15) is 39.0 Å². The highest BCUT2D eigenvalue weighted by molar-refractivity contribution is 6.07. The molecule has 3 aromatic rings. The van der Waals surface area contributed by atoms with E-state index in [1.807, 2.05) is 33.8 Å². The minimum absolute atomic E-state index is 0.0477. The number of nitrogens with zero attached hydrogens (tertiary/aromatic N) is 5. The van der Waals surface area contributed by atoms with Gasteiger partial charge >= 0.3 is 12.1 Å². The maximum absolute atomic E-state index is 14.6. The number of aryl methyl sites for hydroxylation is 1. The molecule has 0 atom stereocenters. The van der Waals surface area contributed by atoms with Gasteiger partial charge in [0.25, 0.3) is 0 Å². The van der Waals surface area contributed by atoms with Crippen molar-refractivity contribution in [1.82, 2.24) is 14.8 Å². The molecule has 3 N–H and O–H groups in total. The number of halogens is 1. The van der Waals surface area contributed by atoms with Gasteiger partial charge in [0.1, 0.15) is 17.5 Å². The number of amides is 4. The lowest BCUT2D eigenvalue weighted by atomic mass is 9.92. The summed E-state index contributed by atoms with van der Waals surface area (Å²) in [5, 5.41) is 12.7. The van der Waals surface area contributed by atoms with Gasteiger partial charge in [0.2, 0.25) is 0 Å². The van der Waals surface area contributed by atoms with Crippen molar-refractivity contribution in [2.75, 3.05) is 39.3 Å². The number of aromatic nitrogens is 3. The normalized spacial score (nSPS) is 13.5. The first kappa shape index (κ1) is 25.0. The Hall–Kier alpha value is -4.15. The van der Waals surface area contributed by atoms with Crippen molar-refractivity contribution in [2.24, 2.45) is 7.05 Å². The fraction of sp³-hybridized carbons (Fsp3) is 0.360. The molecule has 11 heteroatoms. The second kappa shape index (κ2) is 9.48. The number of hydrogen-bond donors (Lipinski definition) is 3. The van der Waals surface area contributed by atoms with Crippen LogP contribution in [0, 0.1) is 5.82 Å². The van der Waals surface area contributed by atoms with E-state index in [4.69, 9.17) is 0 Å². The van der Waals surface area contributed by atoms with Crippen LogP contribution in [-0.4, -0.2) is 40.4 Å². The standard InChI is InChI=1S/C25H31FN8O2/c1-7-33-19-11-21(27-5)28-13-15(19)14-34(24(33)36)16-8-9-17(26)18(10-16)29-23(35)30-22-12-20(25(2,3)4)31-32(22)6/h8-13H,7,14H2,1-6H3,(H,27,28)(H2,29,30,35). The molecule has 36 heavy (non-hydrogen) atoms. The molecule has 0 fully saturated rings. The van der Waals surface area contributed by atoms with Crippen LogP contribution in [0.3, 0.4) is 0 Å². The summed E-state index contributed by atoms with van der Waals surface area (Å²) in [6, 6.07) is 6.94. The molecule has 10 nitrogen and oxygen atoms in total. The van der Waals surface area contributed by atoms with Crippen molar-refractivity contribution in [1.29, 1.82) is 0 Å². The number of nitrogens with one attached hydrogen (secondary N) is 3. The highest BCUT2D eigenvalue weighted by Crippen LogP contribution is 2.34. The molecule has 0 saturated carbocycles. The topological polar surface area (TPSA) is 107 Å². The van der Waals surface area contributed by atoms with Crippen LogP contribution in [0.5, 0.6) is 0 Å². The van der Waals surface area contributed by atoms with Gasteiger partial charge < -0.3 is 10.6 Å². The third-order valence-electron chi connectivity index (χ3n) is 6.01. The van der Waals surface area contributed by atoms with Gasteiger partial charge in [-0.15, -0.1) is 0 Å². The second-order valence-electron chi connectivity index (χ2n) is 9.59. The highest BCUT2D eigenvalue weighted by Gasteiger charge is 2.31. The SMILES string of the molecule is CCN1C(=O)N(c2ccc(F)c(NC(=O)Nc3cc(C(C)(C)C)nn3C)c2)Cc2cnc(NC)cc21. The van der Waals surface area contributed by atoms with E-state index in [0.717, 1.165) is 16.9 Å². The second-order valence-corrected chi connectivity index (χ2v) is 9.59. The minimum atomic E-state index is -0.621. The van der Waals surface area contributed by atoms with E-state index in [1.54, 1.807) is 35.9 Å². The number of carbonyl (C=O) groups excluding carboxylic acids is 2. The summed E-state index contributed by atoms with van der Waals surface area (Å²) >= 11 is 0. The zero-order valence-corrected chi connectivity index (χ0v) is 21.3. The van der Waals surface area contributed by atoms with Crippen molar-refractivity contribution in [3.8, 4) is 0 Å². The maximum Gasteiger partial charge on any atom is 0.329 e. The Balaban J connectivity index is 1.56. The number of pyridine rings is 1. The number of urea groups is 2. The minimum Gasteiger partial charge on any atom is -0.373 e. The van der Waals surface area contributed by atoms with E-state index in [-0.39, 0.29) is 23.7 Å². The Kier molecular flexibility index (Phi) is 6.57. The lowest BCUT2D eigenvalue weighted by Crippen LogP contribution is -2.47. The molecule has 2 aromatic heterocycles. The third-order valence-corrected chi connectivity index (χ3v) is 6.01. The summed E-state index contributed by atoms with van der Waals surface area (Å²) in [4.78, 5) is 33.5. The van der Waals surface area contributed by atoms with Crippen LogP contribution in [0.2, 0.25) is 0 Å². The first-order valence-corrected chi connectivity index (χ1v) is 11.7. The molecule has 0 saturated heterocycles. The van der Waals surface area contributed by atoms with Crippen LogP contribution >= 0.6 is 0 Å². The molecule has 3 heterocycles.